The summed E-state index contributed by atoms with van der Waals surface area (Å²) in [6, 6.07) is 11.7. The third-order valence-corrected chi connectivity index (χ3v) is 4.54. The Hall–Kier alpha value is -1.55. The van der Waals surface area contributed by atoms with Crippen molar-refractivity contribution in [3.8, 4) is 0 Å². The van der Waals surface area contributed by atoms with Crippen molar-refractivity contribution < 1.29 is 0 Å². The zero-order valence-corrected chi connectivity index (χ0v) is 14.9. The Balaban J connectivity index is 1.95. The van der Waals surface area contributed by atoms with Gasteiger partial charge in [0.25, 0.3) is 0 Å². The molecule has 0 amide bonds. The second kappa shape index (κ2) is 9.56. The second-order valence-corrected chi connectivity index (χ2v) is 6.65. The van der Waals surface area contributed by atoms with E-state index in [2.05, 4.69) is 66.9 Å². The summed E-state index contributed by atoms with van der Waals surface area (Å²) >= 11 is 0. The molecule has 1 saturated carbocycles. The van der Waals surface area contributed by atoms with Crippen molar-refractivity contribution in [2.45, 2.75) is 51.1 Å². The highest BCUT2D eigenvalue weighted by molar-refractivity contribution is 5.80. The van der Waals surface area contributed by atoms with Crippen LogP contribution in [0.5, 0.6) is 0 Å². The predicted molar refractivity (Wildman–Crippen MR) is 99.0 cm³/mol. The maximum Gasteiger partial charge on any atom is 0.191 e. The molecule has 1 unspecified atom stereocenters. The van der Waals surface area contributed by atoms with Gasteiger partial charge < -0.3 is 15.5 Å². The monoisotopic (exact) mass is 316 g/mol. The third kappa shape index (κ3) is 6.22. The number of rotatable bonds is 7. The third-order valence-electron chi connectivity index (χ3n) is 4.54. The first-order chi connectivity index (χ1) is 11.2. The molecule has 1 aliphatic rings. The number of likely N-dealkylation sites (N-methyl/N-ethyl adjacent to an activating group) is 1. The number of aliphatic imine (C=N–C) groups is 1. The summed E-state index contributed by atoms with van der Waals surface area (Å²) in [4.78, 5) is 7.12. The highest BCUT2D eigenvalue weighted by Crippen LogP contribution is 2.17. The quantitative estimate of drug-likeness (QED) is 0.600. The lowest BCUT2D eigenvalue weighted by Gasteiger charge is -2.24. The van der Waals surface area contributed by atoms with Gasteiger partial charge in [-0.2, -0.15) is 0 Å². The molecule has 1 aromatic rings. The van der Waals surface area contributed by atoms with Gasteiger partial charge in [-0.3, -0.25) is 4.99 Å². The molecule has 0 saturated heterocycles. The Morgan fingerprint density at radius 1 is 1.22 bits per heavy atom. The molecule has 0 radical (unpaired) electrons. The number of hydrogen-bond donors (Lipinski definition) is 2. The molecule has 128 valence electrons. The van der Waals surface area contributed by atoms with Gasteiger partial charge in [-0.15, -0.1) is 0 Å². The molecule has 0 bridgehead atoms. The standard InChI is InChI=1S/C19H32N4/c1-4-20-19(22-17-12-8-9-13-17)21-15-18(23(2)3)14-16-10-6-5-7-11-16/h5-7,10-11,17-18H,4,8-9,12-15H2,1-3H3,(H2,20,21,22). The van der Waals surface area contributed by atoms with Crippen molar-refractivity contribution in [3.63, 3.8) is 0 Å². The van der Waals surface area contributed by atoms with Crippen molar-refractivity contribution in [1.82, 2.24) is 15.5 Å². The molecule has 0 spiro atoms. The highest BCUT2D eigenvalue weighted by atomic mass is 15.2. The maximum atomic E-state index is 4.85. The van der Waals surface area contributed by atoms with Crippen LogP contribution < -0.4 is 10.6 Å². The summed E-state index contributed by atoms with van der Waals surface area (Å²) in [5.41, 5.74) is 1.37. The van der Waals surface area contributed by atoms with Crippen LogP contribution in [0.15, 0.2) is 35.3 Å². The van der Waals surface area contributed by atoms with Crippen molar-refractivity contribution >= 4 is 5.96 Å². The van der Waals surface area contributed by atoms with E-state index in [0.29, 0.717) is 12.1 Å². The van der Waals surface area contributed by atoms with Gasteiger partial charge in [0.2, 0.25) is 0 Å². The maximum absolute atomic E-state index is 4.85. The molecule has 0 aromatic heterocycles. The summed E-state index contributed by atoms with van der Waals surface area (Å²) in [7, 11) is 4.28. The molecule has 1 atom stereocenters. The highest BCUT2D eigenvalue weighted by Gasteiger charge is 2.17. The van der Waals surface area contributed by atoms with Crippen LogP contribution in [0.2, 0.25) is 0 Å². The van der Waals surface area contributed by atoms with E-state index in [0.717, 1.165) is 25.5 Å². The number of guanidine groups is 1. The predicted octanol–water partition coefficient (Wildman–Crippen LogP) is 2.66. The minimum atomic E-state index is 0.413. The van der Waals surface area contributed by atoms with E-state index in [4.69, 9.17) is 4.99 Å². The van der Waals surface area contributed by atoms with Gasteiger partial charge in [0.05, 0.1) is 6.54 Å². The summed E-state index contributed by atoms with van der Waals surface area (Å²) < 4.78 is 0. The van der Waals surface area contributed by atoms with Gasteiger partial charge in [0, 0.05) is 18.6 Å². The van der Waals surface area contributed by atoms with Crippen molar-refractivity contribution in [2.75, 3.05) is 27.2 Å². The molecular formula is C19H32N4. The van der Waals surface area contributed by atoms with E-state index in [-0.39, 0.29) is 0 Å². The number of hydrogen-bond acceptors (Lipinski definition) is 2. The molecule has 1 aromatic carbocycles. The smallest absolute Gasteiger partial charge is 0.191 e. The van der Waals surface area contributed by atoms with Crippen molar-refractivity contribution in [1.29, 1.82) is 0 Å². The van der Waals surface area contributed by atoms with Crippen LogP contribution >= 0.6 is 0 Å². The number of benzene rings is 1. The number of nitrogens with one attached hydrogen (secondary N) is 2. The molecule has 4 nitrogen and oxygen atoms in total. The van der Waals surface area contributed by atoms with Crippen LogP contribution in [-0.2, 0) is 6.42 Å². The van der Waals surface area contributed by atoms with Gasteiger partial charge in [-0.25, -0.2) is 0 Å². The van der Waals surface area contributed by atoms with Crippen LogP contribution in [0, 0.1) is 0 Å². The first-order valence-electron chi connectivity index (χ1n) is 8.94. The SMILES string of the molecule is CCNC(=NCC(Cc1ccccc1)N(C)C)NC1CCCC1. The van der Waals surface area contributed by atoms with Crippen LogP contribution in [0.4, 0.5) is 0 Å². The van der Waals surface area contributed by atoms with Gasteiger partial charge >= 0.3 is 0 Å². The Labute approximate surface area is 141 Å². The largest absolute Gasteiger partial charge is 0.357 e. The molecule has 2 N–H and O–H groups in total. The Morgan fingerprint density at radius 2 is 1.91 bits per heavy atom. The van der Waals surface area contributed by atoms with E-state index in [1.807, 2.05) is 0 Å². The fourth-order valence-electron chi connectivity index (χ4n) is 3.08. The van der Waals surface area contributed by atoms with E-state index in [9.17, 15) is 0 Å². The van der Waals surface area contributed by atoms with Gasteiger partial charge in [-0.05, 0) is 45.8 Å². The summed E-state index contributed by atoms with van der Waals surface area (Å²) in [6.45, 7) is 3.84. The van der Waals surface area contributed by atoms with Crippen molar-refractivity contribution in [2.24, 2.45) is 4.99 Å². The summed E-state index contributed by atoms with van der Waals surface area (Å²) in [5, 5.41) is 6.98. The van der Waals surface area contributed by atoms with E-state index in [1.165, 1.54) is 31.2 Å². The Bertz CT molecular complexity index is 464. The van der Waals surface area contributed by atoms with E-state index < -0.39 is 0 Å². The van der Waals surface area contributed by atoms with Crippen LogP contribution in [0.3, 0.4) is 0 Å². The fourth-order valence-corrected chi connectivity index (χ4v) is 3.08. The van der Waals surface area contributed by atoms with E-state index in [1.54, 1.807) is 0 Å². The minimum absolute atomic E-state index is 0.413. The molecule has 23 heavy (non-hydrogen) atoms. The average Bonchev–Trinajstić information content (AvgIpc) is 3.05. The Morgan fingerprint density at radius 3 is 2.52 bits per heavy atom. The first kappa shape index (κ1) is 17.8. The lowest BCUT2D eigenvalue weighted by atomic mass is 10.1. The molecule has 0 aliphatic heterocycles. The molecule has 0 heterocycles. The molecule has 1 fully saturated rings. The van der Waals surface area contributed by atoms with Gasteiger partial charge in [-0.1, -0.05) is 43.2 Å². The lowest BCUT2D eigenvalue weighted by molar-refractivity contribution is 0.298. The first-order valence-corrected chi connectivity index (χ1v) is 8.94. The lowest BCUT2D eigenvalue weighted by Crippen LogP contribution is -2.43. The normalized spacial score (nSPS) is 17.5. The van der Waals surface area contributed by atoms with Crippen LogP contribution in [-0.4, -0.2) is 50.1 Å². The summed E-state index contributed by atoms with van der Waals surface area (Å²) in [5.74, 6) is 0.972. The fraction of sp³-hybridized carbons (Fsp3) is 0.632. The zero-order chi connectivity index (χ0) is 16.5. The minimum Gasteiger partial charge on any atom is -0.357 e. The zero-order valence-electron chi connectivity index (χ0n) is 14.9. The summed E-state index contributed by atoms with van der Waals surface area (Å²) in [6.07, 6.45) is 6.24. The van der Waals surface area contributed by atoms with Gasteiger partial charge in [0.15, 0.2) is 5.96 Å². The topological polar surface area (TPSA) is 39.7 Å². The van der Waals surface area contributed by atoms with Crippen LogP contribution in [0.25, 0.3) is 0 Å². The molecule has 4 heteroatoms. The Kier molecular flexibility index (Phi) is 7.40. The van der Waals surface area contributed by atoms with Crippen LogP contribution in [0.1, 0.15) is 38.2 Å². The second-order valence-electron chi connectivity index (χ2n) is 6.65. The van der Waals surface area contributed by atoms with Gasteiger partial charge in [0.1, 0.15) is 0 Å². The van der Waals surface area contributed by atoms with Crippen molar-refractivity contribution in [3.05, 3.63) is 35.9 Å². The number of nitrogens with zero attached hydrogens (tertiary/aromatic N) is 2. The molecule has 2 rings (SSSR count). The molecule has 1 aliphatic carbocycles. The van der Waals surface area contributed by atoms with E-state index >= 15 is 0 Å². The molecular weight excluding hydrogens is 284 g/mol. The average molecular weight is 316 g/mol.